The van der Waals surface area contributed by atoms with E-state index in [0.29, 0.717) is 17.9 Å². The third-order valence-electron chi connectivity index (χ3n) is 4.97. The number of hydrazone groups is 1. The van der Waals surface area contributed by atoms with Crippen molar-refractivity contribution in [3.8, 4) is 28.8 Å². The molecule has 1 heterocycles. The highest BCUT2D eigenvalue weighted by atomic mass is 127. The monoisotopic (exact) mass is 577 g/mol. The van der Waals surface area contributed by atoms with E-state index in [1.807, 2.05) is 66.7 Å². The Hall–Kier alpha value is -4.17. The Kier molecular flexibility index (Phi) is 7.74. The Morgan fingerprint density at radius 3 is 2.63 bits per heavy atom. The Bertz CT molecular complexity index is 1450. The number of aromatic nitrogens is 2. The molecule has 8 nitrogen and oxygen atoms in total. The molecule has 0 aliphatic heterocycles. The van der Waals surface area contributed by atoms with Crippen molar-refractivity contribution >= 4 is 34.8 Å². The van der Waals surface area contributed by atoms with E-state index in [0.717, 1.165) is 20.4 Å². The van der Waals surface area contributed by atoms with Gasteiger partial charge >= 0.3 is 0 Å². The predicted molar refractivity (Wildman–Crippen MR) is 143 cm³/mol. The molecule has 174 valence electrons. The molecule has 35 heavy (non-hydrogen) atoms. The maximum Gasteiger partial charge on any atom is 0.270 e. The number of H-pyrrole nitrogens is 1. The summed E-state index contributed by atoms with van der Waals surface area (Å²) in [5.41, 5.74) is 4.73. The van der Waals surface area contributed by atoms with Crippen LogP contribution < -0.4 is 20.5 Å². The van der Waals surface area contributed by atoms with E-state index in [9.17, 15) is 10.1 Å². The summed E-state index contributed by atoms with van der Waals surface area (Å²) >= 11 is 2.24. The smallest absolute Gasteiger partial charge is 0.270 e. The SMILES string of the molecule is COc1ccc(C=NNc2nc(-c3ccccc3)c(C#N)c(=O)[nH]2)cc1COc1ccc(I)cc1. The fourth-order valence-electron chi connectivity index (χ4n) is 3.29. The lowest BCUT2D eigenvalue weighted by Gasteiger charge is -2.11. The molecule has 0 saturated heterocycles. The van der Waals surface area contributed by atoms with Gasteiger partial charge in [0.2, 0.25) is 5.95 Å². The number of anilines is 1. The maximum absolute atomic E-state index is 12.4. The van der Waals surface area contributed by atoms with Gasteiger partial charge < -0.3 is 9.47 Å². The molecule has 0 saturated carbocycles. The fourth-order valence-corrected chi connectivity index (χ4v) is 3.65. The first-order valence-corrected chi connectivity index (χ1v) is 11.6. The van der Waals surface area contributed by atoms with Crippen LogP contribution in [0.15, 0.2) is 82.7 Å². The molecular weight excluding hydrogens is 557 g/mol. The summed E-state index contributed by atoms with van der Waals surface area (Å²) in [5.74, 6) is 1.59. The van der Waals surface area contributed by atoms with Gasteiger partial charge in [-0.3, -0.25) is 9.78 Å². The van der Waals surface area contributed by atoms with Gasteiger partial charge in [-0.2, -0.15) is 10.4 Å². The number of ether oxygens (including phenoxy) is 2. The van der Waals surface area contributed by atoms with Crippen LogP contribution in [0.4, 0.5) is 5.95 Å². The number of nitriles is 1. The summed E-state index contributed by atoms with van der Waals surface area (Å²) in [7, 11) is 1.61. The third kappa shape index (κ3) is 6.04. The van der Waals surface area contributed by atoms with Crippen molar-refractivity contribution in [2.45, 2.75) is 6.61 Å². The van der Waals surface area contributed by atoms with Crippen LogP contribution in [0, 0.1) is 14.9 Å². The fraction of sp³-hybridized carbons (Fsp3) is 0.0769. The molecule has 4 rings (SSSR count). The van der Waals surface area contributed by atoms with Gasteiger partial charge in [0.1, 0.15) is 29.7 Å². The van der Waals surface area contributed by atoms with Crippen molar-refractivity contribution in [2.75, 3.05) is 12.5 Å². The molecule has 0 amide bonds. The lowest BCUT2D eigenvalue weighted by Crippen LogP contribution is -2.16. The Morgan fingerprint density at radius 1 is 1.14 bits per heavy atom. The van der Waals surface area contributed by atoms with E-state index >= 15 is 0 Å². The summed E-state index contributed by atoms with van der Waals surface area (Å²) in [6.07, 6.45) is 1.59. The van der Waals surface area contributed by atoms with Crippen molar-refractivity contribution in [1.82, 2.24) is 9.97 Å². The van der Waals surface area contributed by atoms with Crippen LogP contribution in [-0.2, 0) is 6.61 Å². The van der Waals surface area contributed by atoms with Crippen molar-refractivity contribution in [2.24, 2.45) is 5.10 Å². The van der Waals surface area contributed by atoms with E-state index in [2.05, 4.69) is 43.1 Å². The lowest BCUT2D eigenvalue weighted by atomic mass is 10.1. The minimum Gasteiger partial charge on any atom is -0.496 e. The number of hydrogen-bond acceptors (Lipinski definition) is 7. The second-order valence-electron chi connectivity index (χ2n) is 7.30. The van der Waals surface area contributed by atoms with Crippen LogP contribution in [0.3, 0.4) is 0 Å². The number of halogens is 1. The average Bonchev–Trinajstić information content (AvgIpc) is 2.88. The normalized spacial score (nSPS) is 10.7. The van der Waals surface area contributed by atoms with Crippen LogP contribution in [0.5, 0.6) is 11.5 Å². The number of rotatable bonds is 8. The predicted octanol–water partition coefficient (Wildman–Crippen LogP) is 4.95. The highest BCUT2D eigenvalue weighted by Gasteiger charge is 2.13. The van der Waals surface area contributed by atoms with E-state index in [1.54, 1.807) is 25.5 Å². The minimum atomic E-state index is -0.543. The third-order valence-corrected chi connectivity index (χ3v) is 5.69. The summed E-state index contributed by atoms with van der Waals surface area (Å²) in [6, 6.07) is 24.3. The molecule has 3 aromatic carbocycles. The number of aromatic amines is 1. The first-order valence-electron chi connectivity index (χ1n) is 10.5. The molecule has 0 spiro atoms. The Morgan fingerprint density at radius 2 is 1.91 bits per heavy atom. The zero-order chi connectivity index (χ0) is 24.6. The van der Waals surface area contributed by atoms with Crippen LogP contribution in [0.25, 0.3) is 11.3 Å². The van der Waals surface area contributed by atoms with Crippen molar-refractivity contribution in [1.29, 1.82) is 5.26 Å². The van der Waals surface area contributed by atoms with Crippen molar-refractivity contribution in [3.05, 3.63) is 103 Å². The van der Waals surface area contributed by atoms with E-state index in [1.165, 1.54) is 0 Å². The highest BCUT2D eigenvalue weighted by molar-refractivity contribution is 14.1. The topological polar surface area (TPSA) is 112 Å². The molecule has 0 unspecified atom stereocenters. The van der Waals surface area contributed by atoms with E-state index in [-0.39, 0.29) is 17.2 Å². The number of benzene rings is 3. The molecule has 1 aromatic heterocycles. The number of nitrogens with one attached hydrogen (secondary N) is 2. The van der Waals surface area contributed by atoms with E-state index in [4.69, 9.17) is 9.47 Å². The Labute approximate surface area is 215 Å². The van der Waals surface area contributed by atoms with Crippen LogP contribution in [0.2, 0.25) is 0 Å². The van der Waals surface area contributed by atoms with Gasteiger partial charge in [0.25, 0.3) is 5.56 Å². The number of hydrogen-bond donors (Lipinski definition) is 2. The van der Waals surface area contributed by atoms with Crippen LogP contribution in [0.1, 0.15) is 16.7 Å². The van der Waals surface area contributed by atoms with Gasteiger partial charge in [0, 0.05) is 14.7 Å². The molecular formula is C26H20IN5O3. The highest BCUT2D eigenvalue weighted by Crippen LogP contribution is 2.23. The molecule has 2 N–H and O–H groups in total. The van der Waals surface area contributed by atoms with E-state index < -0.39 is 5.56 Å². The average molecular weight is 577 g/mol. The zero-order valence-electron chi connectivity index (χ0n) is 18.7. The molecule has 0 bridgehead atoms. The first-order chi connectivity index (χ1) is 17.1. The quantitative estimate of drug-likeness (QED) is 0.174. The van der Waals surface area contributed by atoms with Gasteiger partial charge in [-0.1, -0.05) is 30.3 Å². The first kappa shape index (κ1) is 24.0. The van der Waals surface area contributed by atoms with Gasteiger partial charge in [-0.25, -0.2) is 10.4 Å². The number of methoxy groups -OCH3 is 1. The lowest BCUT2D eigenvalue weighted by molar-refractivity contribution is 0.296. The summed E-state index contributed by atoms with van der Waals surface area (Å²) < 4.78 is 12.5. The van der Waals surface area contributed by atoms with Crippen LogP contribution in [-0.4, -0.2) is 23.3 Å². The van der Waals surface area contributed by atoms with Crippen molar-refractivity contribution < 1.29 is 9.47 Å². The summed E-state index contributed by atoms with van der Waals surface area (Å²) in [4.78, 5) is 19.3. The molecule has 0 radical (unpaired) electrons. The molecule has 9 heteroatoms. The molecule has 4 aromatic rings. The maximum atomic E-state index is 12.4. The van der Waals surface area contributed by atoms with Gasteiger partial charge in [-0.05, 0) is 70.6 Å². The Balaban J connectivity index is 1.52. The minimum absolute atomic E-state index is 0.0568. The van der Waals surface area contributed by atoms with Crippen molar-refractivity contribution in [3.63, 3.8) is 0 Å². The molecule has 0 aliphatic carbocycles. The second-order valence-corrected chi connectivity index (χ2v) is 8.55. The van der Waals surface area contributed by atoms with Gasteiger partial charge in [0.15, 0.2) is 0 Å². The van der Waals surface area contributed by atoms with Crippen LogP contribution >= 0.6 is 22.6 Å². The molecule has 0 aliphatic rings. The summed E-state index contributed by atoms with van der Waals surface area (Å²) in [6.45, 7) is 0.323. The number of nitrogens with zero attached hydrogens (tertiary/aromatic N) is 3. The largest absolute Gasteiger partial charge is 0.496 e. The van der Waals surface area contributed by atoms with Gasteiger partial charge in [0.05, 0.1) is 19.0 Å². The summed E-state index contributed by atoms with van der Waals surface area (Å²) in [5, 5.41) is 13.6. The molecule has 0 fully saturated rings. The molecule has 0 atom stereocenters. The zero-order valence-corrected chi connectivity index (χ0v) is 20.8. The standard InChI is InChI=1S/C26H20IN5O3/c1-34-23-12-7-17(13-19(23)16-35-21-10-8-20(27)9-11-21)15-29-32-26-30-24(18-5-3-2-4-6-18)22(14-28)25(33)31-26/h2-13,15H,16H2,1H3,(H2,30,31,32,33). The second kappa shape index (κ2) is 11.3. The van der Waals surface area contributed by atoms with Gasteiger partial charge in [-0.15, -0.1) is 0 Å².